The van der Waals surface area contributed by atoms with Crippen molar-refractivity contribution in [3.05, 3.63) is 45.7 Å². The number of anilines is 1. The first-order valence-corrected chi connectivity index (χ1v) is 8.92. The molecule has 0 amide bonds. The Morgan fingerprint density at radius 1 is 1.26 bits per heavy atom. The van der Waals surface area contributed by atoms with E-state index in [4.69, 9.17) is 4.74 Å². The Morgan fingerprint density at radius 3 is 2.70 bits per heavy atom. The molecule has 1 fully saturated rings. The quantitative estimate of drug-likeness (QED) is 0.696. The minimum atomic E-state index is -0.285. The topological polar surface area (TPSA) is 38.2 Å². The summed E-state index contributed by atoms with van der Waals surface area (Å²) in [7, 11) is 0. The summed E-state index contributed by atoms with van der Waals surface area (Å²) in [6, 6.07) is 8.01. The standard InChI is InChI=1S/C17H19FIN3O/c1-2-14-16(18)17(21-11-20-14)22-9-7-12(8-10-22)23-15-6-4-3-5-13(15)19/h3-6,11-12H,2,7-10H2,1H3. The number of rotatable bonds is 4. The molecule has 1 aromatic heterocycles. The third-order valence-electron chi connectivity index (χ3n) is 4.05. The summed E-state index contributed by atoms with van der Waals surface area (Å²) in [6.07, 6.45) is 3.91. The molecule has 0 spiro atoms. The lowest BCUT2D eigenvalue weighted by Gasteiger charge is -2.33. The number of hydrogen-bond acceptors (Lipinski definition) is 4. The molecule has 122 valence electrons. The van der Waals surface area contributed by atoms with Gasteiger partial charge in [0.2, 0.25) is 0 Å². The Kier molecular flexibility index (Phi) is 5.30. The molecule has 1 aromatic carbocycles. The highest BCUT2D eigenvalue weighted by molar-refractivity contribution is 14.1. The van der Waals surface area contributed by atoms with Crippen molar-refractivity contribution in [2.75, 3.05) is 18.0 Å². The summed E-state index contributed by atoms with van der Waals surface area (Å²) in [5.41, 5.74) is 0.479. The van der Waals surface area contributed by atoms with Crippen LogP contribution in [0.25, 0.3) is 0 Å². The highest BCUT2D eigenvalue weighted by Gasteiger charge is 2.24. The molecule has 2 heterocycles. The molecular formula is C17H19FIN3O. The molecule has 23 heavy (non-hydrogen) atoms. The van der Waals surface area contributed by atoms with Crippen molar-refractivity contribution in [3.8, 4) is 5.75 Å². The number of para-hydroxylation sites is 1. The molecule has 2 aromatic rings. The van der Waals surface area contributed by atoms with Crippen molar-refractivity contribution in [3.63, 3.8) is 0 Å². The van der Waals surface area contributed by atoms with E-state index >= 15 is 0 Å². The summed E-state index contributed by atoms with van der Waals surface area (Å²) >= 11 is 2.28. The van der Waals surface area contributed by atoms with E-state index in [1.807, 2.05) is 36.1 Å². The molecule has 0 aliphatic carbocycles. The van der Waals surface area contributed by atoms with Gasteiger partial charge in [-0.25, -0.2) is 14.4 Å². The lowest BCUT2D eigenvalue weighted by atomic mass is 10.1. The van der Waals surface area contributed by atoms with Gasteiger partial charge in [-0.15, -0.1) is 0 Å². The van der Waals surface area contributed by atoms with Crippen LogP contribution in [0.3, 0.4) is 0 Å². The van der Waals surface area contributed by atoms with Crippen LogP contribution in [0.4, 0.5) is 10.2 Å². The van der Waals surface area contributed by atoms with Crippen LogP contribution in [-0.4, -0.2) is 29.2 Å². The summed E-state index contributed by atoms with van der Waals surface area (Å²) in [4.78, 5) is 10.1. The van der Waals surface area contributed by atoms with Crippen LogP contribution < -0.4 is 9.64 Å². The van der Waals surface area contributed by atoms with Crippen LogP contribution in [0.15, 0.2) is 30.6 Å². The zero-order valence-electron chi connectivity index (χ0n) is 13.0. The molecule has 1 aliphatic rings. The Bertz CT molecular complexity index is 675. The van der Waals surface area contributed by atoms with Crippen molar-refractivity contribution >= 4 is 28.4 Å². The van der Waals surface area contributed by atoms with Crippen LogP contribution in [-0.2, 0) is 6.42 Å². The van der Waals surface area contributed by atoms with Gasteiger partial charge in [0.1, 0.15) is 18.2 Å². The van der Waals surface area contributed by atoms with E-state index in [0.29, 0.717) is 17.9 Å². The van der Waals surface area contributed by atoms with Gasteiger partial charge >= 0.3 is 0 Å². The number of aromatic nitrogens is 2. The second-order valence-corrected chi connectivity index (χ2v) is 6.71. The summed E-state index contributed by atoms with van der Waals surface area (Å²) in [5.74, 6) is 1.06. The maximum Gasteiger partial charge on any atom is 0.187 e. The number of nitrogens with zero attached hydrogens (tertiary/aromatic N) is 3. The van der Waals surface area contributed by atoms with E-state index in [9.17, 15) is 4.39 Å². The Labute approximate surface area is 149 Å². The monoisotopic (exact) mass is 427 g/mol. The predicted molar refractivity (Wildman–Crippen MR) is 96.4 cm³/mol. The van der Waals surface area contributed by atoms with Crippen molar-refractivity contribution < 1.29 is 9.13 Å². The molecule has 0 N–H and O–H groups in total. The lowest BCUT2D eigenvalue weighted by Crippen LogP contribution is -2.39. The van der Waals surface area contributed by atoms with Gasteiger partial charge in [0.25, 0.3) is 0 Å². The van der Waals surface area contributed by atoms with E-state index in [1.165, 1.54) is 6.33 Å². The third-order valence-corrected chi connectivity index (χ3v) is 4.94. The fourth-order valence-corrected chi connectivity index (χ4v) is 3.28. The highest BCUT2D eigenvalue weighted by Crippen LogP contribution is 2.26. The predicted octanol–water partition coefficient (Wildman–Crippen LogP) is 3.83. The molecule has 1 aliphatic heterocycles. The van der Waals surface area contributed by atoms with E-state index in [0.717, 1.165) is 35.3 Å². The molecule has 0 radical (unpaired) electrons. The van der Waals surface area contributed by atoms with Crippen molar-refractivity contribution in [2.45, 2.75) is 32.3 Å². The summed E-state index contributed by atoms with van der Waals surface area (Å²) in [6.45, 7) is 3.38. The second-order valence-electron chi connectivity index (χ2n) is 5.55. The highest BCUT2D eigenvalue weighted by atomic mass is 127. The Morgan fingerprint density at radius 2 is 2.00 bits per heavy atom. The molecule has 6 heteroatoms. The molecular weight excluding hydrogens is 408 g/mol. The number of hydrogen-bond donors (Lipinski definition) is 0. The molecule has 0 bridgehead atoms. The van der Waals surface area contributed by atoms with Crippen LogP contribution in [0.1, 0.15) is 25.5 Å². The zero-order valence-corrected chi connectivity index (χ0v) is 15.2. The maximum atomic E-state index is 14.4. The molecule has 4 nitrogen and oxygen atoms in total. The number of ether oxygens (including phenoxy) is 1. The zero-order chi connectivity index (χ0) is 16.2. The number of aryl methyl sites for hydroxylation is 1. The van der Waals surface area contributed by atoms with Crippen LogP contribution in [0.5, 0.6) is 5.75 Å². The Balaban J connectivity index is 1.64. The lowest BCUT2D eigenvalue weighted by molar-refractivity contribution is 0.169. The van der Waals surface area contributed by atoms with E-state index in [-0.39, 0.29) is 11.9 Å². The first-order valence-electron chi connectivity index (χ1n) is 7.84. The second kappa shape index (κ2) is 7.42. The van der Waals surface area contributed by atoms with Gasteiger partial charge in [0, 0.05) is 25.9 Å². The van der Waals surface area contributed by atoms with Gasteiger partial charge in [-0.2, -0.15) is 0 Å². The van der Waals surface area contributed by atoms with Gasteiger partial charge in [0.05, 0.1) is 9.26 Å². The van der Waals surface area contributed by atoms with Gasteiger partial charge < -0.3 is 9.64 Å². The molecule has 0 atom stereocenters. The van der Waals surface area contributed by atoms with Crippen molar-refractivity contribution in [1.29, 1.82) is 0 Å². The molecule has 3 rings (SSSR count). The van der Waals surface area contributed by atoms with Crippen LogP contribution >= 0.6 is 22.6 Å². The fourth-order valence-electron chi connectivity index (χ4n) is 2.77. The van der Waals surface area contributed by atoms with E-state index in [1.54, 1.807) is 0 Å². The maximum absolute atomic E-state index is 14.4. The molecule has 0 unspecified atom stereocenters. The number of piperidine rings is 1. The van der Waals surface area contributed by atoms with Gasteiger partial charge in [-0.05, 0) is 41.1 Å². The summed E-state index contributed by atoms with van der Waals surface area (Å²) in [5, 5.41) is 0. The normalized spacial score (nSPS) is 15.7. The Hall–Kier alpha value is -1.44. The van der Waals surface area contributed by atoms with Crippen LogP contribution in [0.2, 0.25) is 0 Å². The van der Waals surface area contributed by atoms with Gasteiger partial charge in [-0.1, -0.05) is 19.1 Å². The van der Waals surface area contributed by atoms with Crippen LogP contribution in [0, 0.1) is 9.39 Å². The average Bonchev–Trinajstić information content (AvgIpc) is 2.58. The van der Waals surface area contributed by atoms with E-state index in [2.05, 4.69) is 32.6 Å². The summed E-state index contributed by atoms with van der Waals surface area (Å²) < 4.78 is 21.6. The minimum Gasteiger partial charge on any atom is -0.489 e. The van der Waals surface area contributed by atoms with E-state index < -0.39 is 0 Å². The van der Waals surface area contributed by atoms with Gasteiger partial charge in [0.15, 0.2) is 11.6 Å². The third kappa shape index (κ3) is 3.73. The average molecular weight is 427 g/mol. The molecule has 1 saturated heterocycles. The molecule has 0 saturated carbocycles. The van der Waals surface area contributed by atoms with Gasteiger partial charge in [-0.3, -0.25) is 0 Å². The number of benzene rings is 1. The minimum absolute atomic E-state index is 0.165. The van der Waals surface area contributed by atoms with Crippen molar-refractivity contribution in [2.24, 2.45) is 0 Å². The first kappa shape index (κ1) is 16.4. The fraction of sp³-hybridized carbons (Fsp3) is 0.412. The SMILES string of the molecule is CCc1ncnc(N2CCC(Oc3ccccc3I)CC2)c1F. The smallest absolute Gasteiger partial charge is 0.187 e. The first-order chi connectivity index (χ1) is 11.2. The largest absolute Gasteiger partial charge is 0.489 e. The van der Waals surface area contributed by atoms with Crippen molar-refractivity contribution in [1.82, 2.24) is 9.97 Å². The number of halogens is 2.